The number of carbonyl (C=O) groups excluding carboxylic acids is 3. The van der Waals surface area contributed by atoms with Crippen LogP contribution in [0.3, 0.4) is 0 Å². The van der Waals surface area contributed by atoms with Crippen molar-refractivity contribution in [1.82, 2.24) is 5.32 Å². The second kappa shape index (κ2) is 8.31. The van der Waals surface area contributed by atoms with Crippen LogP contribution < -0.4 is 5.32 Å². The molecule has 0 aliphatic carbocycles. The van der Waals surface area contributed by atoms with Crippen molar-refractivity contribution in [2.75, 3.05) is 13.2 Å². The number of amides is 1. The minimum Gasteiger partial charge on any atom is -0.465 e. The molecule has 7 nitrogen and oxygen atoms in total. The van der Waals surface area contributed by atoms with Gasteiger partial charge in [-0.25, -0.2) is 0 Å². The zero-order chi connectivity index (χ0) is 19.4. The van der Waals surface area contributed by atoms with E-state index in [1.807, 2.05) is 0 Å². The van der Waals surface area contributed by atoms with Crippen LogP contribution in [0, 0.1) is 5.92 Å². The lowest BCUT2D eigenvalue weighted by molar-refractivity contribution is -0.164. The van der Waals surface area contributed by atoms with Crippen molar-refractivity contribution in [3.05, 3.63) is 0 Å². The Morgan fingerprint density at radius 2 is 1.64 bits per heavy atom. The average Bonchev–Trinajstić information content (AvgIpc) is 2.78. The van der Waals surface area contributed by atoms with Crippen LogP contribution in [0.5, 0.6) is 0 Å². The molecule has 1 aliphatic rings. The van der Waals surface area contributed by atoms with Crippen LogP contribution in [-0.2, 0) is 28.3 Å². The molecule has 0 saturated carbocycles. The Morgan fingerprint density at radius 3 is 2.04 bits per heavy atom. The summed E-state index contributed by atoms with van der Waals surface area (Å²) in [4.78, 5) is 36.7. The predicted octanol–water partition coefficient (Wildman–Crippen LogP) is 2.01. The van der Waals surface area contributed by atoms with Gasteiger partial charge >= 0.3 is 11.9 Å². The summed E-state index contributed by atoms with van der Waals surface area (Å²) in [6, 6.07) is -0.778. The van der Waals surface area contributed by atoms with Gasteiger partial charge in [0.15, 0.2) is 14.2 Å². The molecule has 1 heterocycles. The molecule has 0 aromatic carbocycles. The maximum atomic E-state index is 12.3. The number of nitrogens with one attached hydrogen (secondary N) is 1. The number of hydrogen-bond donors (Lipinski definition) is 1. The summed E-state index contributed by atoms with van der Waals surface area (Å²) in [5, 5.41) is 2.65. The molecule has 144 valence electrons. The Labute approximate surface area is 150 Å². The van der Waals surface area contributed by atoms with Gasteiger partial charge in [-0.1, -0.05) is 20.8 Å². The van der Waals surface area contributed by atoms with Gasteiger partial charge in [-0.2, -0.15) is 0 Å². The van der Waals surface area contributed by atoms with Gasteiger partial charge in [0, 0.05) is 0 Å². The molecule has 0 spiro atoms. The van der Waals surface area contributed by atoms with E-state index in [-0.39, 0.29) is 30.6 Å². The van der Waals surface area contributed by atoms with Crippen LogP contribution in [0.2, 0.25) is 18.1 Å². The molecular formula is C17H31NO6Si. The summed E-state index contributed by atoms with van der Waals surface area (Å²) in [6.07, 6.45) is -0.445. The quantitative estimate of drug-likeness (QED) is 0.417. The summed E-state index contributed by atoms with van der Waals surface area (Å²) in [5.41, 5.74) is 0. The van der Waals surface area contributed by atoms with E-state index in [1.54, 1.807) is 13.8 Å². The van der Waals surface area contributed by atoms with E-state index in [1.165, 1.54) is 0 Å². The second-order valence-corrected chi connectivity index (χ2v) is 12.5. The number of ether oxygens (including phenoxy) is 2. The highest BCUT2D eigenvalue weighted by atomic mass is 28.4. The van der Waals surface area contributed by atoms with Crippen molar-refractivity contribution in [1.29, 1.82) is 0 Å². The standard InChI is InChI=1S/C17H31NO6Si/c1-8-22-15(20)13(16(21)23-9-2)14-11(10-12(19)18-14)24-25(6,7)17(3,4)5/h11,13-14H,8-10H2,1-7H3,(H,18,19)/t11-,14+/m1/s1. The summed E-state index contributed by atoms with van der Waals surface area (Å²) in [6.45, 7) is 14.0. The molecule has 0 aromatic rings. The van der Waals surface area contributed by atoms with Crippen LogP contribution >= 0.6 is 0 Å². The molecule has 1 amide bonds. The molecule has 0 radical (unpaired) electrons. The number of carbonyl (C=O) groups is 3. The average molecular weight is 374 g/mol. The third-order valence-electron chi connectivity index (χ3n) is 4.81. The second-order valence-electron chi connectivity index (χ2n) is 7.70. The van der Waals surface area contributed by atoms with Gasteiger partial charge in [0.1, 0.15) is 0 Å². The van der Waals surface area contributed by atoms with Crippen molar-refractivity contribution in [2.45, 2.75) is 71.3 Å². The third kappa shape index (κ3) is 5.28. The van der Waals surface area contributed by atoms with E-state index < -0.39 is 38.3 Å². The lowest BCUT2D eigenvalue weighted by Crippen LogP contribution is -2.52. The van der Waals surface area contributed by atoms with Gasteiger partial charge in [-0.3, -0.25) is 14.4 Å². The van der Waals surface area contributed by atoms with E-state index in [4.69, 9.17) is 13.9 Å². The number of hydrogen-bond acceptors (Lipinski definition) is 6. The lowest BCUT2D eigenvalue weighted by atomic mass is 9.96. The highest BCUT2D eigenvalue weighted by molar-refractivity contribution is 6.74. The first-order chi connectivity index (χ1) is 11.4. The largest absolute Gasteiger partial charge is 0.465 e. The van der Waals surface area contributed by atoms with Crippen LogP contribution in [0.1, 0.15) is 41.0 Å². The van der Waals surface area contributed by atoms with E-state index >= 15 is 0 Å². The first-order valence-corrected chi connectivity index (χ1v) is 11.7. The first kappa shape index (κ1) is 21.6. The highest BCUT2D eigenvalue weighted by Gasteiger charge is 2.50. The molecule has 1 rings (SSSR count). The van der Waals surface area contributed by atoms with Gasteiger partial charge in [0.05, 0.1) is 31.8 Å². The maximum absolute atomic E-state index is 12.3. The SMILES string of the molecule is CCOC(=O)C(C(=O)OCC)[C@H]1NC(=O)C[C@H]1O[Si](C)(C)C(C)(C)C. The van der Waals surface area contributed by atoms with Crippen LogP contribution in [0.4, 0.5) is 0 Å². The van der Waals surface area contributed by atoms with Crippen molar-refractivity contribution in [2.24, 2.45) is 5.92 Å². The summed E-state index contributed by atoms with van der Waals surface area (Å²) >= 11 is 0. The minimum absolute atomic E-state index is 0.0630. The molecule has 0 bridgehead atoms. The predicted molar refractivity (Wildman–Crippen MR) is 95.4 cm³/mol. The Hall–Kier alpha value is -1.41. The van der Waals surface area contributed by atoms with Crippen LogP contribution in [-0.4, -0.2) is 51.5 Å². The van der Waals surface area contributed by atoms with Crippen molar-refractivity contribution in [3.63, 3.8) is 0 Å². The Morgan fingerprint density at radius 1 is 1.16 bits per heavy atom. The third-order valence-corrected chi connectivity index (χ3v) is 9.31. The van der Waals surface area contributed by atoms with Gasteiger partial charge in [-0.15, -0.1) is 0 Å². The van der Waals surface area contributed by atoms with Crippen molar-refractivity contribution in [3.8, 4) is 0 Å². The molecule has 8 heteroatoms. The molecule has 1 aliphatic heterocycles. The van der Waals surface area contributed by atoms with Crippen molar-refractivity contribution < 1.29 is 28.3 Å². The molecule has 0 aromatic heterocycles. The smallest absolute Gasteiger partial charge is 0.322 e. The maximum Gasteiger partial charge on any atom is 0.322 e. The van der Waals surface area contributed by atoms with E-state index in [0.717, 1.165) is 0 Å². The van der Waals surface area contributed by atoms with Gasteiger partial charge in [0.2, 0.25) is 5.91 Å². The van der Waals surface area contributed by atoms with E-state index in [0.29, 0.717) is 0 Å². The highest BCUT2D eigenvalue weighted by Crippen LogP contribution is 2.39. The summed E-state index contributed by atoms with van der Waals surface area (Å²) in [5.74, 6) is -2.86. The van der Waals surface area contributed by atoms with Crippen LogP contribution in [0.15, 0.2) is 0 Å². The molecule has 1 saturated heterocycles. The molecule has 25 heavy (non-hydrogen) atoms. The molecule has 0 unspecified atom stereocenters. The zero-order valence-electron chi connectivity index (χ0n) is 16.3. The molecule has 1 N–H and O–H groups in total. The Balaban J connectivity index is 3.11. The normalized spacial score (nSPS) is 21.2. The van der Waals surface area contributed by atoms with E-state index in [9.17, 15) is 14.4 Å². The molecule has 2 atom stereocenters. The molecular weight excluding hydrogens is 342 g/mol. The zero-order valence-corrected chi connectivity index (χ0v) is 17.3. The summed E-state index contributed by atoms with van der Waals surface area (Å²) < 4.78 is 16.4. The van der Waals surface area contributed by atoms with Crippen molar-refractivity contribution >= 4 is 26.2 Å². The Bertz CT molecular complexity index is 496. The molecule has 1 fully saturated rings. The summed E-state index contributed by atoms with van der Waals surface area (Å²) in [7, 11) is -2.19. The van der Waals surface area contributed by atoms with Gasteiger partial charge < -0.3 is 19.2 Å². The fraction of sp³-hybridized carbons (Fsp3) is 0.824. The first-order valence-electron chi connectivity index (χ1n) is 8.75. The lowest BCUT2D eigenvalue weighted by Gasteiger charge is -2.40. The van der Waals surface area contributed by atoms with Gasteiger partial charge in [0.25, 0.3) is 0 Å². The van der Waals surface area contributed by atoms with Gasteiger partial charge in [-0.05, 0) is 32.0 Å². The number of rotatable bonds is 7. The Kier molecular flexibility index (Phi) is 7.19. The topological polar surface area (TPSA) is 90.9 Å². The fourth-order valence-electron chi connectivity index (χ4n) is 2.47. The fourth-order valence-corrected chi connectivity index (χ4v) is 3.81. The monoisotopic (exact) mass is 373 g/mol. The number of esters is 2. The van der Waals surface area contributed by atoms with E-state index in [2.05, 4.69) is 39.2 Å². The van der Waals surface area contributed by atoms with Crippen LogP contribution in [0.25, 0.3) is 0 Å². The minimum atomic E-state index is -2.19.